The van der Waals surface area contributed by atoms with Crippen molar-refractivity contribution in [3.63, 3.8) is 0 Å². The molecule has 2 aromatic carbocycles. The third kappa shape index (κ3) is 8.52. The molecule has 1 aliphatic heterocycles. The van der Waals surface area contributed by atoms with E-state index in [1.54, 1.807) is 24.4 Å². The standard InChI is InChI=1S/C47H57F2N7O6S/c1-44(2)15-13-33(38(24-44)46-28-47(29-46,30-46)45(3,48)49)27-54-17-19-55(20-18-54)34-9-11-37(41(22-34)62-35-21-32-14-16-50-42(32)52-26-35)43(57)53-63(60,61)36-10-12-39(40(23-36)56(58)59)51-25-31-7-5-4-6-8-31/h9-12,14,16,21-23,26,31,51H,4-8,13,15,17-20,24-25,27-30H2,1-3H3,(H,50,52)(H,53,57). The molecule has 16 heteroatoms. The summed E-state index contributed by atoms with van der Waals surface area (Å²) in [4.78, 5) is 37.1. The topological polar surface area (TPSA) is 163 Å². The van der Waals surface area contributed by atoms with Gasteiger partial charge in [-0.1, -0.05) is 44.3 Å². The molecular weight excluding hydrogens is 829 g/mol. The number of rotatable bonds is 14. The van der Waals surface area contributed by atoms with Gasteiger partial charge in [-0.15, -0.1) is 0 Å². The fourth-order valence-electron chi connectivity index (χ4n) is 11.0. The molecule has 3 N–H and O–H groups in total. The highest BCUT2D eigenvalue weighted by atomic mass is 32.2. The van der Waals surface area contributed by atoms with E-state index in [2.05, 4.69) is 43.7 Å². The van der Waals surface area contributed by atoms with Gasteiger partial charge >= 0.3 is 0 Å². The molecule has 5 aliphatic carbocycles. The molecule has 63 heavy (non-hydrogen) atoms. The smallest absolute Gasteiger partial charge is 0.293 e. The van der Waals surface area contributed by atoms with E-state index in [0.717, 1.165) is 88.6 Å². The number of H-pyrrole nitrogens is 1. The van der Waals surface area contributed by atoms with Crippen LogP contribution < -0.4 is 19.7 Å². The van der Waals surface area contributed by atoms with Gasteiger partial charge in [-0.25, -0.2) is 26.9 Å². The zero-order chi connectivity index (χ0) is 44.4. The molecule has 6 aliphatic rings. The zero-order valence-corrected chi connectivity index (χ0v) is 37.1. The Morgan fingerprint density at radius 1 is 1.03 bits per heavy atom. The minimum absolute atomic E-state index is 0.0497. The van der Waals surface area contributed by atoms with Crippen LogP contribution in [0, 0.1) is 32.3 Å². The average Bonchev–Trinajstić information content (AvgIpc) is 3.68. The van der Waals surface area contributed by atoms with Crippen molar-refractivity contribution in [2.75, 3.05) is 49.5 Å². The number of ether oxygens (including phenoxy) is 1. The predicted octanol–water partition coefficient (Wildman–Crippen LogP) is 9.83. The summed E-state index contributed by atoms with van der Waals surface area (Å²) >= 11 is 0. The fourth-order valence-corrected chi connectivity index (χ4v) is 12.0. The van der Waals surface area contributed by atoms with Gasteiger partial charge in [0, 0.05) is 74.1 Å². The monoisotopic (exact) mass is 885 g/mol. The number of nitrogens with one attached hydrogen (secondary N) is 3. The largest absolute Gasteiger partial charge is 0.455 e. The van der Waals surface area contributed by atoms with Gasteiger partial charge in [0.1, 0.15) is 22.8 Å². The minimum Gasteiger partial charge on any atom is -0.455 e. The van der Waals surface area contributed by atoms with Gasteiger partial charge in [0.15, 0.2) is 0 Å². The molecule has 2 bridgehead atoms. The molecule has 0 radical (unpaired) electrons. The van der Waals surface area contributed by atoms with Crippen LogP contribution in [0.25, 0.3) is 11.0 Å². The molecule has 0 spiro atoms. The maximum absolute atomic E-state index is 14.5. The van der Waals surface area contributed by atoms with Gasteiger partial charge in [-0.3, -0.25) is 19.8 Å². The first kappa shape index (κ1) is 43.2. The van der Waals surface area contributed by atoms with E-state index < -0.39 is 42.8 Å². The lowest BCUT2D eigenvalue weighted by molar-refractivity contribution is -0.384. The second-order valence-electron chi connectivity index (χ2n) is 19.8. The van der Waals surface area contributed by atoms with Gasteiger partial charge in [0.2, 0.25) is 0 Å². The van der Waals surface area contributed by atoms with Crippen LogP contribution in [0.4, 0.5) is 25.8 Å². The van der Waals surface area contributed by atoms with E-state index >= 15 is 0 Å². The minimum atomic E-state index is -4.56. The maximum Gasteiger partial charge on any atom is 0.293 e. The van der Waals surface area contributed by atoms with Crippen LogP contribution >= 0.6 is 0 Å². The number of hydrogen-bond acceptors (Lipinski definition) is 10. The summed E-state index contributed by atoms with van der Waals surface area (Å²) in [6.07, 6.45) is 13.6. The van der Waals surface area contributed by atoms with Gasteiger partial charge < -0.3 is 19.9 Å². The number of sulfonamides is 1. The van der Waals surface area contributed by atoms with E-state index in [1.165, 1.54) is 42.0 Å². The molecule has 2 aromatic heterocycles. The molecule has 4 saturated carbocycles. The number of aromatic nitrogens is 2. The molecule has 0 unspecified atom stereocenters. The Kier molecular flexibility index (Phi) is 11.1. The highest BCUT2D eigenvalue weighted by Crippen LogP contribution is 2.81. The van der Waals surface area contributed by atoms with Crippen LogP contribution in [-0.4, -0.2) is 79.3 Å². The number of carbonyl (C=O) groups excluding carboxylic acids is 1. The average molecular weight is 886 g/mol. The third-order valence-electron chi connectivity index (χ3n) is 14.8. The number of halogens is 2. The summed E-state index contributed by atoms with van der Waals surface area (Å²) in [5.41, 5.74) is 3.35. The molecule has 13 nitrogen and oxygen atoms in total. The number of piperazine rings is 1. The first-order chi connectivity index (χ1) is 29.9. The Morgan fingerprint density at radius 2 is 1.78 bits per heavy atom. The van der Waals surface area contributed by atoms with E-state index in [4.69, 9.17) is 4.74 Å². The normalized spacial score (nSPS) is 24.1. The van der Waals surface area contributed by atoms with Crippen molar-refractivity contribution in [3.05, 3.63) is 87.7 Å². The van der Waals surface area contributed by atoms with E-state index in [0.29, 0.717) is 56.2 Å². The van der Waals surface area contributed by atoms with Crippen LogP contribution in [0.5, 0.6) is 11.5 Å². The summed E-state index contributed by atoms with van der Waals surface area (Å²) in [5.74, 6) is -2.77. The number of nitro benzene ring substituents is 1. The van der Waals surface area contributed by atoms with Crippen LogP contribution in [-0.2, 0) is 10.0 Å². The number of carbonyl (C=O) groups is 1. The Hall–Kier alpha value is -5.09. The van der Waals surface area contributed by atoms with Gasteiger partial charge in [0.05, 0.1) is 21.6 Å². The van der Waals surface area contributed by atoms with E-state index in [1.807, 2.05) is 6.07 Å². The Morgan fingerprint density at radius 3 is 2.49 bits per heavy atom. The highest BCUT2D eigenvalue weighted by Gasteiger charge is 2.76. The lowest BCUT2D eigenvalue weighted by Crippen LogP contribution is -2.69. The van der Waals surface area contributed by atoms with Crippen molar-refractivity contribution >= 4 is 44.0 Å². The molecule has 1 saturated heterocycles. The molecule has 10 rings (SSSR count). The number of aromatic amines is 1. The Labute approximate surface area is 367 Å². The maximum atomic E-state index is 14.5. The quantitative estimate of drug-likeness (QED) is 0.0631. The number of allylic oxidation sites excluding steroid dienone is 1. The lowest BCUT2D eigenvalue weighted by atomic mass is 9.30. The number of benzene rings is 2. The molecule has 5 fully saturated rings. The van der Waals surface area contributed by atoms with Gasteiger partial charge in [-0.05, 0) is 111 Å². The Balaban J connectivity index is 0.917. The molecule has 1 amide bonds. The number of nitro groups is 1. The second-order valence-corrected chi connectivity index (χ2v) is 21.5. The number of hydrogen-bond donors (Lipinski definition) is 3. The number of alkyl halides is 2. The van der Waals surface area contributed by atoms with Crippen molar-refractivity contribution < 1.29 is 31.7 Å². The lowest BCUT2D eigenvalue weighted by Gasteiger charge is -2.74. The number of fused-ring (bicyclic) bond motifs is 1. The van der Waals surface area contributed by atoms with Crippen molar-refractivity contribution in [2.45, 2.75) is 102 Å². The van der Waals surface area contributed by atoms with E-state index in [-0.39, 0.29) is 27.8 Å². The SMILES string of the molecule is CC1(C)CCC(CN2CCN(c3ccc(C(=O)NS(=O)(=O)c4ccc(NCC5CCCCC5)c([N+](=O)[O-])c4)c(Oc4cnc5[nH]ccc5c4)c3)CC2)=C(C23CC(C(C)(F)F)(C2)C3)C1. The predicted molar refractivity (Wildman–Crippen MR) is 238 cm³/mol. The first-order valence-corrected chi connectivity index (χ1v) is 23.8. The van der Waals surface area contributed by atoms with Crippen LogP contribution in [0.2, 0.25) is 0 Å². The third-order valence-corrected chi connectivity index (χ3v) is 16.1. The molecular formula is C47H57F2N7O6S. The highest BCUT2D eigenvalue weighted by molar-refractivity contribution is 7.90. The number of nitrogens with zero attached hydrogens (tertiary/aromatic N) is 4. The van der Waals surface area contributed by atoms with Crippen molar-refractivity contribution in [3.8, 4) is 11.5 Å². The van der Waals surface area contributed by atoms with Crippen LogP contribution in [0.15, 0.2) is 77.0 Å². The Bertz CT molecular complexity index is 2550. The summed E-state index contributed by atoms with van der Waals surface area (Å²) in [5, 5.41) is 16.0. The molecule has 0 atom stereocenters. The van der Waals surface area contributed by atoms with Gasteiger partial charge in [-0.2, -0.15) is 0 Å². The molecule has 336 valence electrons. The summed E-state index contributed by atoms with van der Waals surface area (Å²) in [6, 6.07) is 12.2. The van der Waals surface area contributed by atoms with Crippen molar-refractivity contribution in [1.29, 1.82) is 0 Å². The van der Waals surface area contributed by atoms with Crippen molar-refractivity contribution in [2.24, 2.45) is 22.2 Å². The fraction of sp³-hybridized carbons (Fsp3) is 0.532. The second kappa shape index (κ2) is 16.2. The number of anilines is 2. The number of pyridine rings is 1. The summed E-state index contributed by atoms with van der Waals surface area (Å²) in [7, 11) is -4.56. The van der Waals surface area contributed by atoms with E-state index in [9.17, 15) is 32.1 Å². The number of amides is 1. The summed E-state index contributed by atoms with van der Waals surface area (Å²) < 4.78 is 64.8. The zero-order valence-electron chi connectivity index (χ0n) is 36.3. The van der Waals surface area contributed by atoms with Gasteiger partial charge in [0.25, 0.3) is 27.5 Å². The first-order valence-electron chi connectivity index (χ1n) is 22.3. The van der Waals surface area contributed by atoms with Crippen LogP contribution in [0.1, 0.15) is 102 Å². The molecule has 3 heterocycles. The molecule has 4 aromatic rings. The van der Waals surface area contributed by atoms with Crippen molar-refractivity contribution in [1.82, 2.24) is 19.6 Å². The summed E-state index contributed by atoms with van der Waals surface area (Å²) in [6.45, 7) is 9.98. The van der Waals surface area contributed by atoms with Crippen LogP contribution in [0.3, 0.4) is 0 Å².